The van der Waals surface area contributed by atoms with Crippen LogP contribution in [-0.2, 0) is 6.42 Å². The zero-order valence-corrected chi connectivity index (χ0v) is 20.2. The molecule has 0 heterocycles. The molecule has 0 bridgehead atoms. The predicted octanol–water partition coefficient (Wildman–Crippen LogP) is 5.99. The SMILES string of the molecule is CCCOc1ccc(Br)cc1C(=O)NC(=S)Nc1cccc(OCCc2ccccc2)c1. The lowest BCUT2D eigenvalue weighted by atomic mass is 10.2. The van der Waals surface area contributed by atoms with E-state index in [0.29, 0.717) is 24.5 Å². The maximum Gasteiger partial charge on any atom is 0.261 e. The Bertz CT molecular complexity index is 1060. The Labute approximate surface area is 202 Å². The number of rotatable bonds is 9. The van der Waals surface area contributed by atoms with Gasteiger partial charge < -0.3 is 14.8 Å². The van der Waals surface area contributed by atoms with Crippen molar-refractivity contribution in [3.8, 4) is 11.5 Å². The predicted molar refractivity (Wildman–Crippen MR) is 136 cm³/mol. The molecule has 0 unspecified atom stereocenters. The summed E-state index contributed by atoms with van der Waals surface area (Å²) in [5.74, 6) is 0.900. The zero-order valence-electron chi connectivity index (χ0n) is 17.8. The average molecular weight is 513 g/mol. The van der Waals surface area contributed by atoms with Crippen LogP contribution in [0.15, 0.2) is 77.3 Å². The van der Waals surface area contributed by atoms with Crippen LogP contribution in [0.1, 0.15) is 29.3 Å². The van der Waals surface area contributed by atoms with Crippen molar-refractivity contribution in [3.05, 3.63) is 88.4 Å². The maximum atomic E-state index is 12.8. The number of ether oxygens (including phenoxy) is 2. The molecule has 0 fully saturated rings. The van der Waals surface area contributed by atoms with Crippen LogP contribution in [0, 0.1) is 0 Å². The molecular weight excluding hydrogens is 488 g/mol. The average Bonchev–Trinajstić information content (AvgIpc) is 2.79. The summed E-state index contributed by atoms with van der Waals surface area (Å²) in [6, 6.07) is 23.0. The largest absolute Gasteiger partial charge is 0.493 e. The van der Waals surface area contributed by atoms with Gasteiger partial charge >= 0.3 is 0 Å². The van der Waals surface area contributed by atoms with Gasteiger partial charge in [0.15, 0.2) is 5.11 Å². The number of carbonyl (C=O) groups excluding carboxylic acids is 1. The molecule has 7 heteroatoms. The number of hydrogen-bond donors (Lipinski definition) is 2. The van der Waals surface area contributed by atoms with Gasteiger partial charge in [-0.05, 0) is 54.5 Å². The molecule has 0 radical (unpaired) electrons. The van der Waals surface area contributed by atoms with Gasteiger partial charge in [0.25, 0.3) is 5.91 Å². The van der Waals surface area contributed by atoms with Gasteiger partial charge in [-0.25, -0.2) is 0 Å². The molecule has 0 aliphatic carbocycles. The van der Waals surface area contributed by atoms with E-state index in [0.717, 1.165) is 28.8 Å². The van der Waals surface area contributed by atoms with Crippen LogP contribution in [-0.4, -0.2) is 24.2 Å². The molecule has 3 aromatic rings. The monoisotopic (exact) mass is 512 g/mol. The molecule has 0 atom stereocenters. The second-order valence-electron chi connectivity index (χ2n) is 7.01. The molecule has 2 N–H and O–H groups in total. The van der Waals surface area contributed by atoms with E-state index in [1.807, 2.05) is 55.5 Å². The van der Waals surface area contributed by atoms with Crippen LogP contribution in [0.4, 0.5) is 5.69 Å². The van der Waals surface area contributed by atoms with Crippen LogP contribution in [0.5, 0.6) is 11.5 Å². The number of carbonyl (C=O) groups is 1. The molecule has 0 spiro atoms. The third-order valence-electron chi connectivity index (χ3n) is 4.47. The quantitative estimate of drug-likeness (QED) is 0.345. The normalized spacial score (nSPS) is 10.3. The highest BCUT2D eigenvalue weighted by Gasteiger charge is 2.15. The molecule has 0 saturated carbocycles. The molecule has 0 aliphatic rings. The van der Waals surface area contributed by atoms with E-state index in [2.05, 4.69) is 38.7 Å². The van der Waals surface area contributed by atoms with E-state index < -0.39 is 0 Å². The highest BCUT2D eigenvalue weighted by Crippen LogP contribution is 2.24. The highest BCUT2D eigenvalue weighted by molar-refractivity contribution is 9.10. The number of anilines is 1. The minimum atomic E-state index is -0.342. The molecule has 1 amide bonds. The summed E-state index contributed by atoms with van der Waals surface area (Å²) in [5, 5.41) is 5.94. The van der Waals surface area contributed by atoms with Crippen molar-refractivity contribution in [2.45, 2.75) is 19.8 Å². The Kier molecular flexibility index (Phi) is 9.07. The standard InChI is InChI=1S/C25H25BrN2O3S/c1-2-14-31-23-12-11-19(26)16-22(23)24(29)28-25(32)27-20-9-6-10-21(17-20)30-15-13-18-7-4-3-5-8-18/h3-12,16-17H,2,13-15H2,1H3,(H2,27,28,29,32). The first-order chi connectivity index (χ1) is 15.5. The molecule has 0 aliphatic heterocycles. The van der Waals surface area contributed by atoms with Crippen LogP contribution in [0.2, 0.25) is 0 Å². The summed E-state index contributed by atoms with van der Waals surface area (Å²) in [4.78, 5) is 12.8. The first-order valence-electron chi connectivity index (χ1n) is 10.4. The van der Waals surface area contributed by atoms with Crippen molar-refractivity contribution in [2.24, 2.45) is 0 Å². The van der Waals surface area contributed by atoms with Gasteiger partial charge in [0.1, 0.15) is 11.5 Å². The van der Waals surface area contributed by atoms with Crippen molar-refractivity contribution in [2.75, 3.05) is 18.5 Å². The van der Waals surface area contributed by atoms with E-state index in [1.54, 1.807) is 12.1 Å². The Balaban J connectivity index is 1.56. The van der Waals surface area contributed by atoms with Gasteiger partial charge in [-0.2, -0.15) is 0 Å². The smallest absolute Gasteiger partial charge is 0.261 e. The molecule has 32 heavy (non-hydrogen) atoms. The van der Waals surface area contributed by atoms with Crippen LogP contribution >= 0.6 is 28.1 Å². The summed E-state index contributed by atoms with van der Waals surface area (Å²) >= 11 is 8.73. The molecular formula is C25H25BrN2O3S. The van der Waals surface area contributed by atoms with Crippen molar-refractivity contribution >= 4 is 44.9 Å². The number of hydrogen-bond acceptors (Lipinski definition) is 4. The minimum absolute atomic E-state index is 0.192. The first-order valence-corrected chi connectivity index (χ1v) is 11.6. The van der Waals surface area contributed by atoms with Gasteiger partial charge in [-0.3, -0.25) is 10.1 Å². The second kappa shape index (κ2) is 12.2. The fourth-order valence-corrected chi connectivity index (χ4v) is 3.52. The topological polar surface area (TPSA) is 59.6 Å². The van der Waals surface area contributed by atoms with Crippen LogP contribution in [0.3, 0.4) is 0 Å². The second-order valence-corrected chi connectivity index (χ2v) is 8.33. The van der Waals surface area contributed by atoms with Gasteiger partial charge in [0.2, 0.25) is 0 Å². The summed E-state index contributed by atoms with van der Waals surface area (Å²) in [6.45, 7) is 3.11. The highest BCUT2D eigenvalue weighted by atomic mass is 79.9. The van der Waals surface area contributed by atoms with Crippen LogP contribution < -0.4 is 20.1 Å². The minimum Gasteiger partial charge on any atom is -0.493 e. The Morgan fingerprint density at radius 3 is 2.56 bits per heavy atom. The lowest BCUT2D eigenvalue weighted by Gasteiger charge is -2.14. The Hall–Kier alpha value is -2.90. The van der Waals surface area contributed by atoms with E-state index in [1.165, 1.54) is 5.56 Å². The van der Waals surface area contributed by atoms with E-state index >= 15 is 0 Å². The zero-order chi connectivity index (χ0) is 22.8. The summed E-state index contributed by atoms with van der Waals surface area (Å²) in [5.41, 5.74) is 2.36. The molecule has 3 rings (SSSR count). The third kappa shape index (κ3) is 7.35. The number of halogens is 1. The van der Waals surface area contributed by atoms with E-state index in [4.69, 9.17) is 21.7 Å². The molecule has 166 valence electrons. The first kappa shape index (κ1) is 23.8. The van der Waals surface area contributed by atoms with Crippen molar-refractivity contribution in [3.63, 3.8) is 0 Å². The third-order valence-corrected chi connectivity index (χ3v) is 5.17. The van der Waals surface area contributed by atoms with Crippen molar-refractivity contribution in [1.29, 1.82) is 0 Å². The van der Waals surface area contributed by atoms with Gasteiger partial charge in [0.05, 0.1) is 18.8 Å². The number of amides is 1. The van der Waals surface area contributed by atoms with Gasteiger partial charge in [0, 0.05) is 22.6 Å². The van der Waals surface area contributed by atoms with Crippen LogP contribution in [0.25, 0.3) is 0 Å². The number of nitrogens with one attached hydrogen (secondary N) is 2. The summed E-state index contributed by atoms with van der Waals surface area (Å²) < 4.78 is 12.3. The van der Waals surface area contributed by atoms with Crippen molar-refractivity contribution in [1.82, 2.24) is 5.32 Å². The molecule has 5 nitrogen and oxygen atoms in total. The van der Waals surface area contributed by atoms with Gasteiger partial charge in [-0.1, -0.05) is 59.3 Å². The summed E-state index contributed by atoms with van der Waals surface area (Å²) in [6.07, 6.45) is 1.67. The maximum absolute atomic E-state index is 12.8. The van der Waals surface area contributed by atoms with E-state index in [9.17, 15) is 4.79 Å². The number of benzene rings is 3. The summed E-state index contributed by atoms with van der Waals surface area (Å²) in [7, 11) is 0. The lowest BCUT2D eigenvalue weighted by Crippen LogP contribution is -2.34. The Morgan fingerprint density at radius 2 is 1.78 bits per heavy atom. The molecule has 3 aromatic carbocycles. The van der Waals surface area contributed by atoms with Gasteiger partial charge in [-0.15, -0.1) is 0 Å². The lowest BCUT2D eigenvalue weighted by molar-refractivity contribution is 0.0973. The Morgan fingerprint density at radius 1 is 0.969 bits per heavy atom. The molecule has 0 saturated heterocycles. The fraction of sp³-hybridized carbons (Fsp3) is 0.200. The van der Waals surface area contributed by atoms with Crippen molar-refractivity contribution < 1.29 is 14.3 Å². The number of thiocarbonyl (C=S) groups is 1. The van der Waals surface area contributed by atoms with E-state index in [-0.39, 0.29) is 11.0 Å². The fourth-order valence-electron chi connectivity index (χ4n) is 2.95. The molecule has 0 aromatic heterocycles.